The van der Waals surface area contributed by atoms with Crippen molar-refractivity contribution < 1.29 is 8.78 Å². The van der Waals surface area contributed by atoms with Crippen LogP contribution < -0.4 is 5.73 Å². The summed E-state index contributed by atoms with van der Waals surface area (Å²) in [5.74, 6) is -1.25. The molecule has 0 amide bonds. The van der Waals surface area contributed by atoms with Gasteiger partial charge in [0.2, 0.25) is 0 Å². The van der Waals surface area contributed by atoms with E-state index in [0.29, 0.717) is 5.56 Å². The Hall–Kier alpha value is -1.81. The van der Waals surface area contributed by atoms with Gasteiger partial charge in [0.15, 0.2) is 0 Å². The van der Waals surface area contributed by atoms with Crippen LogP contribution in [0.5, 0.6) is 0 Å². The molecule has 0 radical (unpaired) electrons. The standard InChI is InChI=1S/C12H10F2N2/c13-9-3-4-10(11(14)6-9)12(15)8-2-1-5-16-7-8/h1-7,12H,15H2. The number of hydrogen-bond acceptors (Lipinski definition) is 2. The smallest absolute Gasteiger partial charge is 0.131 e. The zero-order valence-corrected chi connectivity index (χ0v) is 8.40. The summed E-state index contributed by atoms with van der Waals surface area (Å²) < 4.78 is 26.2. The molecule has 2 nitrogen and oxygen atoms in total. The van der Waals surface area contributed by atoms with E-state index in [4.69, 9.17) is 5.73 Å². The number of rotatable bonds is 2. The lowest BCUT2D eigenvalue weighted by atomic mass is 10.0. The minimum Gasteiger partial charge on any atom is -0.320 e. The van der Waals surface area contributed by atoms with Crippen LogP contribution in [0.1, 0.15) is 17.2 Å². The summed E-state index contributed by atoms with van der Waals surface area (Å²) in [6.07, 6.45) is 3.17. The van der Waals surface area contributed by atoms with Gasteiger partial charge >= 0.3 is 0 Å². The lowest BCUT2D eigenvalue weighted by molar-refractivity contribution is 0.566. The monoisotopic (exact) mass is 220 g/mol. The van der Waals surface area contributed by atoms with Crippen LogP contribution in [0.15, 0.2) is 42.7 Å². The first-order valence-electron chi connectivity index (χ1n) is 4.79. The van der Waals surface area contributed by atoms with E-state index in [9.17, 15) is 8.78 Å². The third-order valence-corrected chi connectivity index (χ3v) is 2.34. The van der Waals surface area contributed by atoms with Gasteiger partial charge in [0.1, 0.15) is 11.6 Å². The molecule has 0 saturated heterocycles. The van der Waals surface area contributed by atoms with Gasteiger partial charge in [-0.2, -0.15) is 0 Å². The van der Waals surface area contributed by atoms with E-state index < -0.39 is 17.7 Å². The van der Waals surface area contributed by atoms with E-state index in [1.807, 2.05) is 0 Å². The predicted molar refractivity (Wildman–Crippen MR) is 56.6 cm³/mol. The first kappa shape index (κ1) is 10.7. The zero-order chi connectivity index (χ0) is 11.5. The Morgan fingerprint density at radius 2 is 2.00 bits per heavy atom. The molecule has 2 aromatic rings. The maximum Gasteiger partial charge on any atom is 0.131 e. The molecule has 0 aliphatic heterocycles. The van der Waals surface area contributed by atoms with Crippen LogP contribution in [0, 0.1) is 11.6 Å². The minimum absolute atomic E-state index is 0.259. The fourth-order valence-electron chi connectivity index (χ4n) is 1.49. The number of aromatic nitrogens is 1. The molecule has 1 unspecified atom stereocenters. The van der Waals surface area contributed by atoms with Gasteiger partial charge in [-0.05, 0) is 17.7 Å². The molecule has 4 heteroatoms. The summed E-state index contributed by atoms with van der Waals surface area (Å²) in [5, 5.41) is 0. The Kier molecular flexibility index (Phi) is 2.92. The fourth-order valence-corrected chi connectivity index (χ4v) is 1.49. The number of hydrogen-bond donors (Lipinski definition) is 1. The van der Waals surface area contributed by atoms with Crippen molar-refractivity contribution >= 4 is 0 Å². The third kappa shape index (κ3) is 2.06. The second-order valence-corrected chi connectivity index (χ2v) is 3.43. The quantitative estimate of drug-likeness (QED) is 0.844. The number of pyridine rings is 1. The average molecular weight is 220 g/mol. The number of halogens is 2. The average Bonchev–Trinajstić information content (AvgIpc) is 2.29. The molecular formula is C12H10F2N2. The molecule has 0 aliphatic carbocycles. The highest BCUT2D eigenvalue weighted by molar-refractivity contribution is 5.30. The fraction of sp³-hybridized carbons (Fsp3) is 0.0833. The summed E-state index contributed by atoms with van der Waals surface area (Å²) >= 11 is 0. The van der Waals surface area contributed by atoms with Gasteiger partial charge in [-0.15, -0.1) is 0 Å². The van der Waals surface area contributed by atoms with Gasteiger partial charge < -0.3 is 5.73 Å². The maximum absolute atomic E-state index is 13.4. The highest BCUT2D eigenvalue weighted by Gasteiger charge is 2.13. The van der Waals surface area contributed by atoms with Crippen LogP contribution in [0.3, 0.4) is 0 Å². The summed E-state index contributed by atoms with van der Waals surface area (Å²) in [5.41, 5.74) is 6.81. The van der Waals surface area contributed by atoms with Crippen molar-refractivity contribution in [3.05, 3.63) is 65.5 Å². The Labute approximate surface area is 91.7 Å². The molecule has 16 heavy (non-hydrogen) atoms. The molecule has 1 atom stereocenters. The van der Waals surface area contributed by atoms with Gasteiger partial charge in [0.05, 0.1) is 6.04 Å². The molecule has 0 spiro atoms. The molecule has 0 fully saturated rings. The predicted octanol–water partition coefficient (Wildman–Crippen LogP) is 2.41. The molecule has 82 valence electrons. The topological polar surface area (TPSA) is 38.9 Å². The Balaban J connectivity index is 2.38. The van der Waals surface area contributed by atoms with Gasteiger partial charge in [-0.3, -0.25) is 4.98 Å². The van der Waals surface area contributed by atoms with Crippen LogP contribution >= 0.6 is 0 Å². The largest absolute Gasteiger partial charge is 0.320 e. The van der Waals surface area contributed by atoms with Crippen LogP contribution in [-0.4, -0.2) is 4.98 Å². The van der Waals surface area contributed by atoms with Crippen LogP contribution in [0.25, 0.3) is 0 Å². The number of benzene rings is 1. The SMILES string of the molecule is NC(c1cccnc1)c1ccc(F)cc1F. The van der Waals surface area contributed by atoms with Crippen molar-refractivity contribution in [3.8, 4) is 0 Å². The highest BCUT2D eigenvalue weighted by atomic mass is 19.1. The Morgan fingerprint density at radius 3 is 2.62 bits per heavy atom. The summed E-state index contributed by atoms with van der Waals surface area (Å²) in [6, 6.07) is 6.20. The molecule has 1 aromatic heterocycles. The maximum atomic E-state index is 13.4. The van der Waals surface area contributed by atoms with Crippen molar-refractivity contribution in [1.82, 2.24) is 4.98 Å². The van der Waals surface area contributed by atoms with E-state index in [1.54, 1.807) is 24.5 Å². The first-order chi connectivity index (χ1) is 7.68. The molecule has 0 bridgehead atoms. The van der Waals surface area contributed by atoms with E-state index in [2.05, 4.69) is 4.98 Å². The molecule has 2 rings (SSSR count). The number of nitrogens with zero attached hydrogens (tertiary/aromatic N) is 1. The Bertz CT molecular complexity index is 486. The van der Waals surface area contributed by atoms with Crippen molar-refractivity contribution in [1.29, 1.82) is 0 Å². The molecule has 1 aromatic carbocycles. The third-order valence-electron chi connectivity index (χ3n) is 2.34. The molecule has 0 saturated carbocycles. The highest BCUT2D eigenvalue weighted by Crippen LogP contribution is 2.21. The van der Waals surface area contributed by atoms with E-state index in [1.165, 1.54) is 12.1 Å². The molecule has 2 N–H and O–H groups in total. The van der Waals surface area contributed by atoms with Gasteiger partial charge in [0, 0.05) is 24.0 Å². The zero-order valence-electron chi connectivity index (χ0n) is 8.40. The summed E-state index contributed by atoms with van der Waals surface area (Å²) in [4.78, 5) is 3.90. The lowest BCUT2D eigenvalue weighted by Gasteiger charge is -2.12. The second kappa shape index (κ2) is 4.37. The van der Waals surface area contributed by atoms with Gasteiger partial charge in [-0.25, -0.2) is 8.78 Å². The Morgan fingerprint density at radius 1 is 1.19 bits per heavy atom. The van der Waals surface area contributed by atoms with Crippen LogP contribution in [0.2, 0.25) is 0 Å². The van der Waals surface area contributed by atoms with Crippen molar-refractivity contribution in [3.63, 3.8) is 0 Å². The summed E-state index contributed by atoms with van der Waals surface area (Å²) in [7, 11) is 0. The van der Waals surface area contributed by atoms with E-state index >= 15 is 0 Å². The van der Waals surface area contributed by atoms with E-state index in [-0.39, 0.29) is 5.56 Å². The second-order valence-electron chi connectivity index (χ2n) is 3.43. The molecule has 0 aliphatic rings. The van der Waals surface area contributed by atoms with Crippen LogP contribution in [-0.2, 0) is 0 Å². The normalized spacial score (nSPS) is 12.4. The van der Waals surface area contributed by atoms with Gasteiger partial charge in [0.25, 0.3) is 0 Å². The van der Waals surface area contributed by atoms with Crippen LogP contribution in [0.4, 0.5) is 8.78 Å². The molecular weight excluding hydrogens is 210 g/mol. The lowest BCUT2D eigenvalue weighted by Crippen LogP contribution is -2.13. The first-order valence-corrected chi connectivity index (χ1v) is 4.79. The van der Waals surface area contributed by atoms with Crippen molar-refractivity contribution in [2.24, 2.45) is 5.73 Å². The van der Waals surface area contributed by atoms with Crippen molar-refractivity contribution in [2.45, 2.75) is 6.04 Å². The van der Waals surface area contributed by atoms with E-state index in [0.717, 1.165) is 6.07 Å². The van der Waals surface area contributed by atoms with Gasteiger partial charge in [-0.1, -0.05) is 12.1 Å². The summed E-state index contributed by atoms with van der Waals surface area (Å²) in [6.45, 7) is 0. The number of nitrogens with two attached hydrogens (primary N) is 1. The minimum atomic E-state index is -0.642. The molecule has 1 heterocycles. The van der Waals surface area contributed by atoms with Crippen molar-refractivity contribution in [2.75, 3.05) is 0 Å².